The first kappa shape index (κ1) is 13.8. The fraction of sp³-hybridized carbons (Fsp3) is 0.571. The van der Waals surface area contributed by atoms with Crippen LogP contribution in [0.25, 0.3) is 0 Å². The maximum Gasteiger partial charge on any atom is 0.139 e. The maximum atomic E-state index is 7.71. The molecule has 1 fully saturated rings. The molecular weight excluding hydrogens is 238 g/mol. The van der Waals surface area contributed by atoms with Crippen LogP contribution in [0.5, 0.6) is 0 Å². The predicted molar refractivity (Wildman–Crippen MR) is 78.9 cm³/mol. The van der Waals surface area contributed by atoms with Gasteiger partial charge in [0.1, 0.15) is 11.7 Å². The molecule has 0 spiro atoms. The lowest BCUT2D eigenvalue weighted by atomic mass is 10.1. The summed E-state index contributed by atoms with van der Waals surface area (Å²) >= 11 is 0. The second-order valence-corrected chi connectivity index (χ2v) is 5.51. The van der Waals surface area contributed by atoms with Crippen LogP contribution in [0.1, 0.15) is 25.1 Å². The highest BCUT2D eigenvalue weighted by molar-refractivity contribution is 5.99. The first-order chi connectivity index (χ1) is 8.90. The van der Waals surface area contributed by atoms with Gasteiger partial charge in [0.05, 0.1) is 5.56 Å². The highest BCUT2D eigenvalue weighted by Gasteiger charge is 2.28. The minimum atomic E-state index is 0.0849. The molecule has 5 nitrogen and oxygen atoms in total. The van der Waals surface area contributed by atoms with Gasteiger partial charge < -0.3 is 10.6 Å². The van der Waals surface area contributed by atoms with E-state index in [4.69, 9.17) is 11.1 Å². The van der Waals surface area contributed by atoms with Crippen molar-refractivity contribution in [2.24, 2.45) is 5.73 Å². The van der Waals surface area contributed by atoms with Crippen LogP contribution in [0.3, 0.4) is 0 Å². The van der Waals surface area contributed by atoms with Crippen molar-refractivity contribution in [3.8, 4) is 0 Å². The summed E-state index contributed by atoms with van der Waals surface area (Å²) in [5, 5.41) is 7.71. The van der Waals surface area contributed by atoms with E-state index >= 15 is 0 Å². The van der Waals surface area contributed by atoms with Gasteiger partial charge in [-0.1, -0.05) is 0 Å². The Morgan fingerprint density at radius 3 is 2.42 bits per heavy atom. The number of nitrogens with one attached hydrogen (secondary N) is 1. The van der Waals surface area contributed by atoms with Gasteiger partial charge in [-0.05, 0) is 40.0 Å². The molecule has 1 aliphatic heterocycles. The van der Waals surface area contributed by atoms with Crippen molar-refractivity contribution < 1.29 is 0 Å². The summed E-state index contributed by atoms with van der Waals surface area (Å²) in [4.78, 5) is 9.22. The van der Waals surface area contributed by atoms with Crippen molar-refractivity contribution in [2.75, 3.05) is 25.0 Å². The predicted octanol–water partition coefficient (Wildman–Crippen LogP) is 1.20. The number of pyridine rings is 1. The maximum absolute atomic E-state index is 7.71. The molecule has 3 N–H and O–H groups in total. The van der Waals surface area contributed by atoms with Crippen LogP contribution in [0.4, 0.5) is 5.82 Å². The summed E-state index contributed by atoms with van der Waals surface area (Å²) < 4.78 is 0. The van der Waals surface area contributed by atoms with Crippen LogP contribution in [0.15, 0.2) is 12.1 Å². The van der Waals surface area contributed by atoms with Crippen molar-refractivity contribution in [2.45, 2.75) is 32.9 Å². The lowest BCUT2D eigenvalue weighted by Crippen LogP contribution is -2.55. The molecule has 104 valence electrons. The van der Waals surface area contributed by atoms with Gasteiger partial charge >= 0.3 is 0 Å². The van der Waals surface area contributed by atoms with Crippen LogP contribution >= 0.6 is 0 Å². The van der Waals surface area contributed by atoms with E-state index in [0.717, 1.165) is 30.2 Å². The zero-order valence-corrected chi connectivity index (χ0v) is 12.1. The van der Waals surface area contributed by atoms with E-state index in [1.165, 1.54) is 0 Å². The summed E-state index contributed by atoms with van der Waals surface area (Å²) in [6.07, 6.45) is 0. The minimum Gasteiger partial charge on any atom is -0.384 e. The second-order valence-electron chi connectivity index (χ2n) is 5.51. The van der Waals surface area contributed by atoms with Gasteiger partial charge in [0, 0.05) is 30.9 Å². The molecule has 2 heterocycles. The summed E-state index contributed by atoms with van der Waals surface area (Å²) in [7, 11) is 2.15. The van der Waals surface area contributed by atoms with Crippen molar-refractivity contribution in [1.29, 1.82) is 5.41 Å². The minimum absolute atomic E-state index is 0.0849. The molecule has 0 aromatic carbocycles. The Morgan fingerprint density at radius 1 is 1.32 bits per heavy atom. The zero-order valence-electron chi connectivity index (χ0n) is 12.1. The van der Waals surface area contributed by atoms with Gasteiger partial charge in [-0.2, -0.15) is 0 Å². The Bertz CT molecular complexity index is 473. The lowest BCUT2D eigenvalue weighted by molar-refractivity contribution is 0.169. The Kier molecular flexibility index (Phi) is 3.75. The standard InChI is InChI=1S/C14H23N5/c1-9-5-6-12(13(15)16)14(17-9)19-7-10(2)18(4)11(3)8-19/h5-6,10-11H,7-8H2,1-4H3,(H3,15,16). The normalized spacial score (nSPS) is 24.5. The Labute approximate surface area is 114 Å². The third-order valence-corrected chi connectivity index (χ3v) is 3.96. The third-order valence-electron chi connectivity index (χ3n) is 3.96. The fourth-order valence-corrected chi connectivity index (χ4v) is 2.57. The number of aryl methyl sites for hydroxylation is 1. The monoisotopic (exact) mass is 261 g/mol. The lowest BCUT2D eigenvalue weighted by Gasteiger charge is -2.43. The molecule has 1 aromatic heterocycles. The molecular formula is C14H23N5. The highest BCUT2D eigenvalue weighted by Crippen LogP contribution is 2.23. The number of hydrogen-bond acceptors (Lipinski definition) is 4. The molecule has 1 aromatic rings. The topological polar surface area (TPSA) is 69.2 Å². The van der Waals surface area contributed by atoms with Gasteiger partial charge in [-0.3, -0.25) is 10.3 Å². The van der Waals surface area contributed by atoms with E-state index in [0.29, 0.717) is 12.1 Å². The number of anilines is 1. The molecule has 1 aliphatic rings. The molecule has 1 saturated heterocycles. The van der Waals surface area contributed by atoms with Gasteiger partial charge in [0.15, 0.2) is 0 Å². The van der Waals surface area contributed by atoms with Crippen molar-refractivity contribution >= 4 is 11.7 Å². The molecule has 2 rings (SSSR count). The van der Waals surface area contributed by atoms with Gasteiger partial charge in [0.25, 0.3) is 0 Å². The second kappa shape index (κ2) is 5.17. The van der Waals surface area contributed by atoms with E-state index in [1.807, 2.05) is 19.1 Å². The number of aromatic nitrogens is 1. The number of likely N-dealkylation sites (N-methyl/N-ethyl adjacent to an activating group) is 1. The molecule has 2 atom stereocenters. The summed E-state index contributed by atoms with van der Waals surface area (Å²) in [5.41, 5.74) is 7.36. The van der Waals surface area contributed by atoms with E-state index < -0.39 is 0 Å². The molecule has 2 unspecified atom stereocenters. The summed E-state index contributed by atoms with van der Waals surface area (Å²) in [6, 6.07) is 4.73. The van der Waals surface area contributed by atoms with Gasteiger partial charge in [0.2, 0.25) is 0 Å². The number of amidine groups is 1. The molecule has 0 bridgehead atoms. The number of nitrogen functional groups attached to an aromatic ring is 1. The quantitative estimate of drug-likeness (QED) is 0.620. The number of hydrogen-bond donors (Lipinski definition) is 2. The fourth-order valence-electron chi connectivity index (χ4n) is 2.57. The number of piperazine rings is 1. The van der Waals surface area contributed by atoms with Crippen LogP contribution in [-0.2, 0) is 0 Å². The highest BCUT2D eigenvalue weighted by atomic mass is 15.3. The van der Waals surface area contributed by atoms with Crippen molar-refractivity contribution in [3.05, 3.63) is 23.4 Å². The van der Waals surface area contributed by atoms with Gasteiger partial charge in [-0.15, -0.1) is 0 Å². The van der Waals surface area contributed by atoms with Crippen LogP contribution in [0.2, 0.25) is 0 Å². The van der Waals surface area contributed by atoms with E-state index in [-0.39, 0.29) is 5.84 Å². The number of nitrogens with zero attached hydrogens (tertiary/aromatic N) is 3. The third kappa shape index (κ3) is 2.71. The Hall–Kier alpha value is -1.62. The van der Waals surface area contributed by atoms with Crippen molar-refractivity contribution in [1.82, 2.24) is 9.88 Å². The first-order valence-corrected chi connectivity index (χ1v) is 6.69. The van der Waals surface area contributed by atoms with Crippen LogP contribution in [0, 0.1) is 12.3 Å². The Balaban J connectivity index is 2.36. The molecule has 19 heavy (non-hydrogen) atoms. The summed E-state index contributed by atoms with van der Waals surface area (Å²) in [5.74, 6) is 0.932. The molecule has 0 amide bonds. The molecule has 0 radical (unpaired) electrons. The number of nitrogens with two attached hydrogens (primary N) is 1. The van der Waals surface area contributed by atoms with E-state index in [1.54, 1.807) is 0 Å². The van der Waals surface area contributed by atoms with Crippen LogP contribution < -0.4 is 10.6 Å². The molecule has 5 heteroatoms. The van der Waals surface area contributed by atoms with Crippen LogP contribution in [-0.4, -0.2) is 47.9 Å². The molecule has 0 aliphatic carbocycles. The number of rotatable bonds is 2. The largest absolute Gasteiger partial charge is 0.384 e. The van der Waals surface area contributed by atoms with Gasteiger partial charge in [-0.25, -0.2) is 4.98 Å². The van der Waals surface area contributed by atoms with E-state index in [2.05, 4.69) is 35.7 Å². The summed E-state index contributed by atoms with van der Waals surface area (Å²) in [6.45, 7) is 8.23. The molecule has 0 saturated carbocycles. The smallest absolute Gasteiger partial charge is 0.139 e. The average molecular weight is 261 g/mol. The van der Waals surface area contributed by atoms with Crippen molar-refractivity contribution in [3.63, 3.8) is 0 Å². The Morgan fingerprint density at radius 2 is 1.89 bits per heavy atom. The van der Waals surface area contributed by atoms with E-state index in [9.17, 15) is 0 Å². The average Bonchev–Trinajstić information content (AvgIpc) is 2.34. The first-order valence-electron chi connectivity index (χ1n) is 6.69. The SMILES string of the molecule is Cc1ccc(C(=N)N)c(N2CC(C)N(C)C(C)C2)n1. The zero-order chi connectivity index (χ0) is 14.2.